The zero-order valence-electron chi connectivity index (χ0n) is 11.8. The molecule has 0 aliphatic carbocycles. The third kappa shape index (κ3) is 3.69. The first-order valence-corrected chi connectivity index (χ1v) is 6.83. The summed E-state index contributed by atoms with van der Waals surface area (Å²) in [5.41, 5.74) is -0.291. The minimum absolute atomic E-state index is 0.0137. The third-order valence-corrected chi connectivity index (χ3v) is 3.52. The molecule has 1 N–H and O–H groups in total. The number of rotatable bonds is 4. The zero-order valence-corrected chi connectivity index (χ0v) is 11.8. The first-order valence-electron chi connectivity index (χ1n) is 6.83. The Kier molecular flexibility index (Phi) is 4.74. The van der Waals surface area contributed by atoms with Gasteiger partial charge >= 0.3 is 5.69 Å². The van der Waals surface area contributed by atoms with Gasteiger partial charge < -0.3 is 14.7 Å². The largest absolute Gasteiger partial charge is 0.502 e. The summed E-state index contributed by atoms with van der Waals surface area (Å²) in [6, 6.07) is 3.63. The van der Waals surface area contributed by atoms with Crippen molar-refractivity contribution in [2.75, 3.05) is 20.2 Å². The van der Waals surface area contributed by atoms with Crippen LogP contribution in [0.15, 0.2) is 18.2 Å². The molecule has 7 nitrogen and oxygen atoms in total. The molecule has 0 spiro atoms. The number of nitro benzene ring substituents is 1. The van der Waals surface area contributed by atoms with Crippen LogP contribution in [0.25, 0.3) is 0 Å². The number of nitrogens with zero attached hydrogens (tertiary/aromatic N) is 2. The van der Waals surface area contributed by atoms with Crippen LogP contribution in [0, 0.1) is 10.1 Å². The Hall–Kier alpha value is -2.15. The van der Waals surface area contributed by atoms with E-state index in [1.165, 1.54) is 11.0 Å². The van der Waals surface area contributed by atoms with Gasteiger partial charge in [-0.15, -0.1) is 0 Å². The predicted octanol–water partition coefficient (Wildman–Crippen LogP) is 1.94. The number of benzene rings is 1. The van der Waals surface area contributed by atoms with E-state index in [0.29, 0.717) is 13.2 Å². The van der Waals surface area contributed by atoms with Crippen molar-refractivity contribution in [1.82, 2.24) is 4.90 Å². The van der Waals surface area contributed by atoms with Crippen molar-refractivity contribution in [3.05, 3.63) is 33.9 Å². The van der Waals surface area contributed by atoms with Crippen molar-refractivity contribution in [1.29, 1.82) is 0 Å². The van der Waals surface area contributed by atoms with Crippen LogP contribution >= 0.6 is 0 Å². The SMILES string of the molecule is CN(C[C@@H]1CCCCO1)C(=O)c1ccc(O)c([N+](=O)[O-])c1. The quantitative estimate of drug-likeness (QED) is 0.676. The van der Waals surface area contributed by atoms with Gasteiger partial charge in [0.05, 0.1) is 11.0 Å². The van der Waals surface area contributed by atoms with Crippen molar-refractivity contribution in [3.8, 4) is 5.75 Å². The Bertz CT molecular complexity index is 540. The van der Waals surface area contributed by atoms with Gasteiger partial charge in [0.1, 0.15) is 0 Å². The molecule has 0 saturated carbocycles. The number of hydrogen-bond acceptors (Lipinski definition) is 5. The number of aromatic hydroxyl groups is 1. The van der Waals surface area contributed by atoms with Gasteiger partial charge in [-0.05, 0) is 31.4 Å². The van der Waals surface area contributed by atoms with E-state index in [9.17, 15) is 20.0 Å². The standard InChI is InChI=1S/C14H18N2O5/c1-15(9-11-4-2-3-7-21-11)14(18)10-5-6-13(17)12(8-10)16(19)20/h5-6,8,11,17H,2-4,7,9H2,1H3/t11-/m0/s1. The normalized spacial score (nSPS) is 18.2. The Balaban J connectivity index is 2.08. The van der Waals surface area contributed by atoms with E-state index < -0.39 is 16.4 Å². The van der Waals surface area contributed by atoms with Crippen LogP contribution in [-0.2, 0) is 4.74 Å². The van der Waals surface area contributed by atoms with Gasteiger partial charge in [-0.2, -0.15) is 0 Å². The van der Waals surface area contributed by atoms with Gasteiger partial charge in [-0.1, -0.05) is 0 Å². The van der Waals surface area contributed by atoms with Crippen LogP contribution < -0.4 is 0 Å². The van der Waals surface area contributed by atoms with E-state index in [1.807, 2.05) is 0 Å². The number of amides is 1. The van der Waals surface area contributed by atoms with Gasteiger partial charge in [0.15, 0.2) is 5.75 Å². The van der Waals surface area contributed by atoms with Gasteiger partial charge in [0.25, 0.3) is 5.91 Å². The fourth-order valence-electron chi connectivity index (χ4n) is 2.36. The molecule has 1 fully saturated rings. The topological polar surface area (TPSA) is 92.9 Å². The van der Waals surface area contributed by atoms with Gasteiger partial charge in [-0.25, -0.2) is 0 Å². The molecule has 7 heteroatoms. The lowest BCUT2D eigenvalue weighted by atomic mass is 10.1. The summed E-state index contributed by atoms with van der Waals surface area (Å²) < 4.78 is 5.57. The van der Waals surface area contributed by atoms with E-state index >= 15 is 0 Å². The molecule has 114 valence electrons. The number of phenols is 1. The van der Waals surface area contributed by atoms with Crippen molar-refractivity contribution >= 4 is 11.6 Å². The highest BCUT2D eigenvalue weighted by molar-refractivity contribution is 5.95. The molecule has 21 heavy (non-hydrogen) atoms. The molecule has 1 amide bonds. The molecular formula is C14H18N2O5. The van der Waals surface area contributed by atoms with E-state index in [-0.39, 0.29) is 17.6 Å². The molecule has 0 unspecified atom stereocenters. The lowest BCUT2D eigenvalue weighted by molar-refractivity contribution is -0.385. The van der Waals surface area contributed by atoms with Crippen molar-refractivity contribution in [3.63, 3.8) is 0 Å². The fraction of sp³-hybridized carbons (Fsp3) is 0.500. The van der Waals surface area contributed by atoms with Crippen LogP contribution in [0.4, 0.5) is 5.69 Å². The number of carbonyl (C=O) groups is 1. The van der Waals surface area contributed by atoms with Crippen molar-refractivity contribution in [2.24, 2.45) is 0 Å². The minimum atomic E-state index is -0.712. The second-order valence-corrected chi connectivity index (χ2v) is 5.13. The summed E-state index contributed by atoms with van der Waals surface area (Å²) in [6.45, 7) is 1.16. The first-order chi connectivity index (χ1) is 9.99. The summed E-state index contributed by atoms with van der Waals surface area (Å²) in [7, 11) is 1.64. The number of nitro groups is 1. The highest BCUT2D eigenvalue weighted by atomic mass is 16.6. The summed E-state index contributed by atoms with van der Waals surface area (Å²) in [6.07, 6.45) is 3.04. The summed E-state index contributed by atoms with van der Waals surface area (Å²) in [4.78, 5) is 23.8. The first kappa shape index (κ1) is 15.2. The van der Waals surface area contributed by atoms with Crippen LogP contribution in [0.3, 0.4) is 0 Å². The Morgan fingerprint density at radius 3 is 2.90 bits per heavy atom. The second-order valence-electron chi connectivity index (χ2n) is 5.13. The lowest BCUT2D eigenvalue weighted by Gasteiger charge is -2.27. The average molecular weight is 294 g/mol. The van der Waals surface area contributed by atoms with Crippen LogP contribution in [0.5, 0.6) is 5.75 Å². The Morgan fingerprint density at radius 1 is 1.52 bits per heavy atom. The Labute approximate surface area is 122 Å². The molecule has 0 aromatic heterocycles. The lowest BCUT2D eigenvalue weighted by Crippen LogP contribution is -2.37. The second kappa shape index (κ2) is 6.53. The molecule has 0 bridgehead atoms. The van der Waals surface area contributed by atoms with E-state index in [0.717, 1.165) is 31.4 Å². The number of phenolic OH excluding ortho intramolecular Hbond substituents is 1. The molecule has 1 aromatic rings. The zero-order chi connectivity index (χ0) is 15.4. The molecule has 1 heterocycles. The number of carbonyl (C=O) groups excluding carboxylic acids is 1. The van der Waals surface area contributed by atoms with Gasteiger partial charge in [0, 0.05) is 31.8 Å². The van der Waals surface area contributed by atoms with Gasteiger partial charge in [0.2, 0.25) is 0 Å². The number of hydrogen-bond donors (Lipinski definition) is 1. The van der Waals surface area contributed by atoms with Crippen molar-refractivity contribution < 1.29 is 19.6 Å². The van der Waals surface area contributed by atoms with Gasteiger partial charge in [-0.3, -0.25) is 14.9 Å². The van der Waals surface area contributed by atoms with E-state index in [1.54, 1.807) is 7.05 Å². The molecule has 1 atom stereocenters. The molecule has 1 aliphatic rings. The molecule has 1 saturated heterocycles. The molecule has 1 aromatic carbocycles. The van der Waals surface area contributed by atoms with E-state index in [2.05, 4.69) is 0 Å². The fourth-order valence-corrected chi connectivity index (χ4v) is 2.36. The highest BCUT2D eigenvalue weighted by Crippen LogP contribution is 2.26. The molecule has 2 rings (SSSR count). The summed E-state index contributed by atoms with van der Waals surface area (Å²) in [5.74, 6) is -0.776. The van der Waals surface area contributed by atoms with Crippen LogP contribution in [0.2, 0.25) is 0 Å². The van der Waals surface area contributed by atoms with Crippen molar-refractivity contribution in [2.45, 2.75) is 25.4 Å². The Morgan fingerprint density at radius 2 is 2.29 bits per heavy atom. The monoisotopic (exact) mass is 294 g/mol. The summed E-state index contributed by atoms with van der Waals surface area (Å²) in [5, 5.41) is 20.2. The number of ether oxygens (including phenoxy) is 1. The molecule has 1 aliphatic heterocycles. The molecular weight excluding hydrogens is 276 g/mol. The predicted molar refractivity (Wildman–Crippen MR) is 75.3 cm³/mol. The van der Waals surface area contributed by atoms with Crippen LogP contribution in [0.1, 0.15) is 29.6 Å². The maximum absolute atomic E-state index is 12.3. The average Bonchev–Trinajstić information content (AvgIpc) is 2.47. The van der Waals surface area contributed by atoms with E-state index in [4.69, 9.17) is 4.74 Å². The highest BCUT2D eigenvalue weighted by Gasteiger charge is 2.22. The third-order valence-electron chi connectivity index (χ3n) is 3.52. The summed E-state index contributed by atoms with van der Waals surface area (Å²) >= 11 is 0. The van der Waals surface area contributed by atoms with Crippen LogP contribution in [-0.4, -0.2) is 47.1 Å². The minimum Gasteiger partial charge on any atom is -0.502 e. The smallest absolute Gasteiger partial charge is 0.311 e. The maximum Gasteiger partial charge on any atom is 0.311 e. The number of likely N-dealkylation sites (N-methyl/N-ethyl adjacent to an activating group) is 1. The molecule has 0 radical (unpaired) electrons. The maximum atomic E-state index is 12.3.